The molecule has 0 aliphatic rings. The lowest BCUT2D eigenvalue weighted by Crippen LogP contribution is -1.97. The third kappa shape index (κ3) is 3.15. The molecule has 7 nitrogen and oxygen atoms in total. The topological polar surface area (TPSA) is 95.4 Å². The molecule has 3 heterocycles. The molecule has 0 amide bonds. The van der Waals surface area contributed by atoms with Gasteiger partial charge in [0, 0.05) is 35.1 Å². The van der Waals surface area contributed by atoms with Crippen molar-refractivity contribution in [1.82, 2.24) is 14.5 Å². The van der Waals surface area contributed by atoms with Gasteiger partial charge in [-0.1, -0.05) is 30.3 Å². The average Bonchev–Trinajstić information content (AvgIpc) is 3.14. The highest BCUT2D eigenvalue weighted by atomic mass is 16.5. The van der Waals surface area contributed by atoms with Crippen LogP contribution in [-0.2, 0) is 6.54 Å². The third-order valence-corrected chi connectivity index (χ3v) is 5.66. The Kier molecular flexibility index (Phi) is 4.78. The number of para-hydroxylation sites is 1. The van der Waals surface area contributed by atoms with Gasteiger partial charge in [0.2, 0.25) is 5.88 Å². The van der Waals surface area contributed by atoms with E-state index in [1.807, 2.05) is 54.7 Å². The van der Waals surface area contributed by atoms with Gasteiger partial charge in [-0.2, -0.15) is 0 Å². The number of rotatable bonds is 5. The number of pyridine rings is 2. The molecule has 0 unspecified atom stereocenters. The van der Waals surface area contributed by atoms with Crippen molar-refractivity contribution in [3.63, 3.8) is 0 Å². The molecular formula is C25H22N4O3. The van der Waals surface area contributed by atoms with Crippen LogP contribution in [0.25, 0.3) is 32.9 Å². The predicted octanol–water partition coefficient (Wildman–Crippen LogP) is 4.60. The molecule has 0 fully saturated rings. The standard InChI is InChI=1S/C25H22N4O3/c1-31-16-8-6-15(7-9-16)13-29-14-20-22(25(29)30)23(26)18-5-3-4-17(24(18)28-20)19-12-27-11-10-21(19)32-2/h3-12,14,30H,13,26H2,1-2H3. The summed E-state index contributed by atoms with van der Waals surface area (Å²) in [5.41, 5.74) is 11.1. The second-order valence-corrected chi connectivity index (χ2v) is 7.49. The average molecular weight is 426 g/mol. The van der Waals surface area contributed by atoms with Crippen molar-refractivity contribution in [2.75, 3.05) is 20.0 Å². The maximum Gasteiger partial charge on any atom is 0.203 e. The summed E-state index contributed by atoms with van der Waals surface area (Å²) in [5.74, 6) is 1.58. The van der Waals surface area contributed by atoms with Gasteiger partial charge in [0.25, 0.3) is 0 Å². The summed E-state index contributed by atoms with van der Waals surface area (Å²) < 4.78 is 12.5. The highest BCUT2D eigenvalue weighted by molar-refractivity contribution is 6.12. The molecule has 3 aromatic heterocycles. The number of benzene rings is 2. The van der Waals surface area contributed by atoms with Crippen LogP contribution >= 0.6 is 0 Å². The molecule has 0 spiro atoms. The molecule has 0 radical (unpaired) electrons. The van der Waals surface area contributed by atoms with Crippen LogP contribution in [0.5, 0.6) is 17.4 Å². The van der Waals surface area contributed by atoms with Crippen molar-refractivity contribution in [2.45, 2.75) is 6.54 Å². The fourth-order valence-corrected chi connectivity index (χ4v) is 4.04. The molecule has 2 aromatic carbocycles. The predicted molar refractivity (Wildman–Crippen MR) is 125 cm³/mol. The van der Waals surface area contributed by atoms with Gasteiger partial charge in [-0.15, -0.1) is 0 Å². The van der Waals surface area contributed by atoms with Gasteiger partial charge < -0.3 is 24.9 Å². The fraction of sp³-hybridized carbons (Fsp3) is 0.120. The van der Waals surface area contributed by atoms with Crippen molar-refractivity contribution >= 4 is 27.5 Å². The van der Waals surface area contributed by atoms with Crippen molar-refractivity contribution in [2.24, 2.45) is 0 Å². The van der Waals surface area contributed by atoms with Gasteiger partial charge in [0.05, 0.1) is 42.9 Å². The van der Waals surface area contributed by atoms with Crippen molar-refractivity contribution in [3.8, 4) is 28.5 Å². The van der Waals surface area contributed by atoms with Crippen LogP contribution < -0.4 is 15.2 Å². The number of aromatic hydroxyl groups is 1. The summed E-state index contributed by atoms with van der Waals surface area (Å²) in [4.78, 5) is 9.12. The van der Waals surface area contributed by atoms with Crippen LogP contribution in [0.15, 0.2) is 67.1 Å². The summed E-state index contributed by atoms with van der Waals surface area (Å²) in [6.45, 7) is 0.477. The first-order chi connectivity index (χ1) is 15.6. The Bertz CT molecular complexity index is 1440. The van der Waals surface area contributed by atoms with Crippen LogP contribution in [0.1, 0.15) is 5.56 Å². The van der Waals surface area contributed by atoms with E-state index >= 15 is 0 Å². The zero-order chi connectivity index (χ0) is 22.2. The minimum absolute atomic E-state index is 0.0899. The van der Waals surface area contributed by atoms with Crippen molar-refractivity contribution in [1.29, 1.82) is 0 Å². The Morgan fingerprint density at radius 1 is 1.00 bits per heavy atom. The van der Waals surface area contributed by atoms with E-state index in [2.05, 4.69) is 4.98 Å². The maximum absolute atomic E-state index is 10.9. The van der Waals surface area contributed by atoms with Gasteiger partial charge in [-0.25, -0.2) is 4.98 Å². The lowest BCUT2D eigenvalue weighted by atomic mass is 10.0. The zero-order valence-electron chi connectivity index (χ0n) is 17.7. The molecule has 5 rings (SSSR count). The quantitative estimate of drug-likeness (QED) is 0.426. The van der Waals surface area contributed by atoms with E-state index in [4.69, 9.17) is 20.2 Å². The smallest absolute Gasteiger partial charge is 0.203 e. The molecule has 160 valence electrons. The maximum atomic E-state index is 10.9. The summed E-state index contributed by atoms with van der Waals surface area (Å²) in [7, 11) is 3.26. The van der Waals surface area contributed by atoms with E-state index in [0.29, 0.717) is 28.9 Å². The molecule has 0 saturated carbocycles. The Morgan fingerprint density at radius 2 is 1.81 bits per heavy atom. The number of ether oxygens (including phenoxy) is 2. The first kappa shape index (κ1) is 19.7. The first-order valence-corrected chi connectivity index (χ1v) is 10.1. The Labute approximate surface area is 184 Å². The summed E-state index contributed by atoms with van der Waals surface area (Å²) in [6.07, 6.45) is 5.26. The molecule has 0 aliphatic carbocycles. The molecule has 5 aromatic rings. The van der Waals surface area contributed by atoms with Crippen molar-refractivity contribution < 1.29 is 14.6 Å². The number of nitrogen functional groups attached to an aromatic ring is 1. The summed E-state index contributed by atoms with van der Waals surface area (Å²) in [6, 6.07) is 15.3. The largest absolute Gasteiger partial charge is 0.497 e. The van der Waals surface area contributed by atoms with E-state index in [9.17, 15) is 5.11 Å². The number of anilines is 1. The zero-order valence-corrected chi connectivity index (χ0v) is 17.7. The number of hydrogen-bond donors (Lipinski definition) is 2. The number of nitrogens with two attached hydrogens (primary N) is 1. The van der Waals surface area contributed by atoms with E-state index in [1.165, 1.54) is 0 Å². The highest BCUT2D eigenvalue weighted by Crippen LogP contribution is 2.40. The fourth-order valence-electron chi connectivity index (χ4n) is 4.04. The molecular weight excluding hydrogens is 404 g/mol. The monoisotopic (exact) mass is 426 g/mol. The minimum atomic E-state index is 0.0899. The van der Waals surface area contributed by atoms with Gasteiger partial charge in [0.15, 0.2) is 0 Å². The van der Waals surface area contributed by atoms with Crippen LogP contribution in [0.3, 0.4) is 0 Å². The Morgan fingerprint density at radius 3 is 2.56 bits per heavy atom. The first-order valence-electron chi connectivity index (χ1n) is 10.1. The number of methoxy groups -OCH3 is 2. The Balaban J connectivity index is 1.68. The van der Waals surface area contributed by atoms with Crippen LogP contribution in [0.2, 0.25) is 0 Å². The van der Waals surface area contributed by atoms with Crippen LogP contribution in [0, 0.1) is 0 Å². The SMILES string of the molecule is COc1ccc(Cn2cc3nc4c(-c5cnccc5OC)cccc4c(N)c3c2O)cc1. The Hall–Kier alpha value is -4.26. The van der Waals surface area contributed by atoms with Gasteiger partial charge in [0.1, 0.15) is 11.5 Å². The van der Waals surface area contributed by atoms with Gasteiger partial charge in [-0.05, 0) is 23.8 Å². The molecule has 0 aliphatic heterocycles. The summed E-state index contributed by atoms with van der Waals surface area (Å²) >= 11 is 0. The number of aromatic nitrogens is 3. The second kappa shape index (κ2) is 7.77. The van der Waals surface area contributed by atoms with Crippen molar-refractivity contribution in [3.05, 3.63) is 72.7 Å². The van der Waals surface area contributed by atoms with Crippen LogP contribution in [-0.4, -0.2) is 33.9 Å². The van der Waals surface area contributed by atoms with E-state index in [0.717, 1.165) is 33.3 Å². The number of hydrogen-bond acceptors (Lipinski definition) is 6. The lowest BCUT2D eigenvalue weighted by molar-refractivity contribution is 0.414. The number of fused-ring (bicyclic) bond motifs is 2. The van der Waals surface area contributed by atoms with E-state index in [-0.39, 0.29) is 5.88 Å². The van der Waals surface area contributed by atoms with E-state index in [1.54, 1.807) is 31.2 Å². The van der Waals surface area contributed by atoms with Crippen LogP contribution in [0.4, 0.5) is 5.69 Å². The molecule has 0 atom stereocenters. The molecule has 32 heavy (non-hydrogen) atoms. The minimum Gasteiger partial charge on any atom is -0.497 e. The van der Waals surface area contributed by atoms with Gasteiger partial charge in [-0.3, -0.25) is 4.98 Å². The molecule has 7 heteroatoms. The number of nitrogens with zero attached hydrogens (tertiary/aromatic N) is 3. The summed E-state index contributed by atoms with van der Waals surface area (Å²) in [5, 5.41) is 12.3. The highest BCUT2D eigenvalue weighted by Gasteiger charge is 2.19. The molecule has 3 N–H and O–H groups in total. The van der Waals surface area contributed by atoms with E-state index < -0.39 is 0 Å². The molecule has 0 saturated heterocycles. The molecule has 0 bridgehead atoms. The lowest BCUT2D eigenvalue weighted by Gasteiger charge is -2.11. The normalized spacial score (nSPS) is 11.2. The third-order valence-electron chi connectivity index (χ3n) is 5.66. The second-order valence-electron chi connectivity index (χ2n) is 7.49. The van der Waals surface area contributed by atoms with Gasteiger partial charge >= 0.3 is 0 Å².